The molecule has 0 aliphatic heterocycles. The van der Waals surface area contributed by atoms with Crippen LogP contribution < -0.4 is 0 Å². The Morgan fingerprint density at radius 2 is 2.36 bits per heavy atom. The number of aromatic nitrogens is 1. The predicted molar refractivity (Wildman–Crippen MR) is 40.9 cm³/mol. The quantitative estimate of drug-likeness (QED) is 0.645. The zero-order valence-electron chi connectivity index (χ0n) is 6.61. The first-order valence-electron chi connectivity index (χ1n) is 3.37. The minimum Gasteiger partial charge on any atom is -0.364 e. The molecule has 11 heavy (non-hydrogen) atoms. The van der Waals surface area contributed by atoms with Gasteiger partial charge < -0.3 is 9.84 Å². The SMILES string of the molecule is COC(O)c1cnccc1C. The van der Waals surface area contributed by atoms with Gasteiger partial charge in [0.1, 0.15) is 0 Å². The molecule has 1 unspecified atom stereocenters. The standard InChI is InChI=1S/C8H11NO2/c1-6-3-4-9-5-7(6)8(10)11-2/h3-5,8,10H,1-2H3. The molecular weight excluding hydrogens is 142 g/mol. The lowest BCUT2D eigenvalue weighted by molar-refractivity contribution is -0.0775. The average Bonchev–Trinajstić information content (AvgIpc) is 2.04. The van der Waals surface area contributed by atoms with Crippen LogP contribution in [0.25, 0.3) is 0 Å². The summed E-state index contributed by atoms with van der Waals surface area (Å²) in [5.41, 5.74) is 1.70. The number of hydrogen-bond donors (Lipinski definition) is 1. The van der Waals surface area contributed by atoms with Crippen LogP contribution in [-0.2, 0) is 4.74 Å². The fourth-order valence-corrected chi connectivity index (χ4v) is 0.862. The van der Waals surface area contributed by atoms with Crippen molar-refractivity contribution in [2.45, 2.75) is 13.2 Å². The van der Waals surface area contributed by atoms with Crippen LogP contribution in [0.3, 0.4) is 0 Å². The van der Waals surface area contributed by atoms with Crippen molar-refractivity contribution in [3.05, 3.63) is 29.6 Å². The van der Waals surface area contributed by atoms with E-state index in [0.717, 1.165) is 11.1 Å². The molecule has 60 valence electrons. The molecule has 0 aliphatic carbocycles. The Morgan fingerprint density at radius 1 is 1.64 bits per heavy atom. The first-order valence-corrected chi connectivity index (χ1v) is 3.37. The first kappa shape index (κ1) is 8.17. The Bertz CT molecular complexity index is 237. The Hall–Kier alpha value is -0.930. The number of methoxy groups -OCH3 is 1. The minimum absolute atomic E-state index is 0.718. The maximum atomic E-state index is 9.25. The van der Waals surface area contributed by atoms with Crippen LogP contribution >= 0.6 is 0 Å². The molecular formula is C8H11NO2. The molecule has 1 aromatic rings. The van der Waals surface area contributed by atoms with Gasteiger partial charge in [0.15, 0.2) is 6.29 Å². The zero-order valence-corrected chi connectivity index (χ0v) is 6.61. The number of ether oxygens (including phenoxy) is 1. The van der Waals surface area contributed by atoms with E-state index in [1.165, 1.54) is 7.11 Å². The Morgan fingerprint density at radius 3 is 2.91 bits per heavy atom. The summed E-state index contributed by atoms with van der Waals surface area (Å²) >= 11 is 0. The number of rotatable bonds is 2. The largest absolute Gasteiger partial charge is 0.364 e. The van der Waals surface area contributed by atoms with E-state index in [0.29, 0.717) is 0 Å². The molecule has 0 aliphatic rings. The van der Waals surface area contributed by atoms with Gasteiger partial charge in [-0.05, 0) is 18.6 Å². The van der Waals surface area contributed by atoms with Crippen molar-refractivity contribution in [3.63, 3.8) is 0 Å². The van der Waals surface area contributed by atoms with Gasteiger partial charge in [-0.2, -0.15) is 0 Å². The predicted octanol–water partition coefficient (Wildman–Crippen LogP) is 1.03. The number of aliphatic hydroxyl groups excluding tert-OH is 1. The fourth-order valence-electron chi connectivity index (χ4n) is 0.862. The summed E-state index contributed by atoms with van der Waals surface area (Å²) in [4.78, 5) is 3.87. The topological polar surface area (TPSA) is 42.4 Å². The summed E-state index contributed by atoms with van der Waals surface area (Å²) in [7, 11) is 1.46. The van der Waals surface area contributed by atoms with Crippen molar-refractivity contribution in [1.82, 2.24) is 4.98 Å². The Labute approximate surface area is 65.7 Å². The summed E-state index contributed by atoms with van der Waals surface area (Å²) in [6.45, 7) is 1.90. The van der Waals surface area contributed by atoms with Crippen molar-refractivity contribution in [2.24, 2.45) is 0 Å². The smallest absolute Gasteiger partial charge is 0.182 e. The van der Waals surface area contributed by atoms with Gasteiger partial charge in [0.2, 0.25) is 0 Å². The molecule has 1 N–H and O–H groups in total. The van der Waals surface area contributed by atoms with E-state index in [1.807, 2.05) is 13.0 Å². The number of nitrogens with zero attached hydrogens (tertiary/aromatic N) is 1. The van der Waals surface area contributed by atoms with Crippen LogP contribution in [0, 0.1) is 6.92 Å². The molecule has 0 radical (unpaired) electrons. The van der Waals surface area contributed by atoms with Crippen LogP contribution in [0.1, 0.15) is 17.4 Å². The first-order chi connectivity index (χ1) is 5.25. The van der Waals surface area contributed by atoms with Gasteiger partial charge in [0.25, 0.3) is 0 Å². The van der Waals surface area contributed by atoms with Gasteiger partial charge >= 0.3 is 0 Å². The molecule has 0 aromatic carbocycles. The molecule has 0 spiro atoms. The summed E-state index contributed by atoms with van der Waals surface area (Å²) in [6, 6.07) is 1.83. The molecule has 0 amide bonds. The highest BCUT2D eigenvalue weighted by Gasteiger charge is 2.07. The van der Waals surface area contributed by atoms with Gasteiger partial charge in [0.05, 0.1) is 0 Å². The highest BCUT2D eigenvalue weighted by Crippen LogP contribution is 2.15. The van der Waals surface area contributed by atoms with E-state index in [1.54, 1.807) is 12.4 Å². The lowest BCUT2D eigenvalue weighted by Crippen LogP contribution is -2.01. The van der Waals surface area contributed by atoms with Gasteiger partial charge in [0, 0.05) is 25.1 Å². The van der Waals surface area contributed by atoms with Crippen molar-refractivity contribution < 1.29 is 9.84 Å². The molecule has 1 atom stereocenters. The molecule has 0 saturated carbocycles. The van der Waals surface area contributed by atoms with E-state index in [9.17, 15) is 5.11 Å². The number of aliphatic hydroxyl groups is 1. The highest BCUT2D eigenvalue weighted by molar-refractivity contribution is 5.22. The number of pyridine rings is 1. The van der Waals surface area contributed by atoms with Crippen molar-refractivity contribution in [1.29, 1.82) is 0 Å². The Kier molecular flexibility index (Phi) is 2.57. The minimum atomic E-state index is -0.858. The second-order valence-corrected chi connectivity index (χ2v) is 2.32. The molecule has 1 rings (SSSR count). The Balaban J connectivity index is 2.93. The van der Waals surface area contributed by atoms with Crippen LogP contribution in [0.15, 0.2) is 18.5 Å². The summed E-state index contributed by atoms with van der Waals surface area (Å²) in [5.74, 6) is 0. The summed E-state index contributed by atoms with van der Waals surface area (Å²) in [6.07, 6.45) is 2.42. The monoisotopic (exact) mass is 153 g/mol. The average molecular weight is 153 g/mol. The van der Waals surface area contributed by atoms with E-state index < -0.39 is 6.29 Å². The molecule has 3 heteroatoms. The molecule has 1 aromatic heterocycles. The molecule has 0 fully saturated rings. The lowest BCUT2D eigenvalue weighted by atomic mass is 10.1. The third-order valence-electron chi connectivity index (χ3n) is 1.57. The van der Waals surface area contributed by atoms with Crippen molar-refractivity contribution >= 4 is 0 Å². The van der Waals surface area contributed by atoms with Gasteiger partial charge in [-0.25, -0.2) is 0 Å². The van der Waals surface area contributed by atoms with Gasteiger partial charge in [-0.3, -0.25) is 4.98 Å². The molecule has 0 saturated heterocycles. The maximum Gasteiger partial charge on any atom is 0.182 e. The highest BCUT2D eigenvalue weighted by atomic mass is 16.6. The van der Waals surface area contributed by atoms with E-state index in [-0.39, 0.29) is 0 Å². The molecule has 1 heterocycles. The zero-order chi connectivity index (χ0) is 8.27. The number of aryl methyl sites for hydroxylation is 1. The van der Waals surface area contributed by atoms with Crippen LogP contribution in [0.5, 0.6) is 0 Å². The van der Waals surface area contributed by atoms with Crippen molar-refractivity contribution in [2.75, 3.05) is 7.11 Å². The third-order valence-corrected chi connectivity index (χ3v) is 1.57. The van der Waals surface area contributed by atoms with E-state index in [4.69, 9.17) is 4.74 Å². The second kappa shape index (κ2) is 3.46. The van der Waals surface area contributed by atoms with Crippen LogP contribution in [-0.4, -0.2) is 17.2 Å². The normalized spacial score (nSPS) is 13.0. The van der Waals surface area contributed by atoms with Crippen molar-refractivity contribution in [3.8, 4) is 0 Å². The van der Waals surface area contributed by atoms with Crippen LogP contribution in [0.2, 0.25) is 0 Å². The second-order valence-electron chi connectivity index (χ2n) is 2.32. The summed E-state index contributed by atoms with van der Waals surface area (Å²) in [5, 5.41) is 9.25. The lowest BCUT2D eigenvalue weighted by Gasteiger charge is -2.09. The van der Waals surface area contributed by atoms with E-state index in [2.05, 4.69) is 4.98 Å². The van der Waals surface area contributed by atoms with E-state index >= 15 is 0 Å². The number of hydrogen-bond acceptors (Lipinski definition) is 3. The summed E-state index contributed by atoms with van der Waals surface area (Å²) < 4.78 is 4.73. The maximum absolute atomic E-state index is 9.25. The molecule has 3 nitrogen and oxygen atoms in total. The van der Waals surface area contributed by atoms with Gasteiger partial charge in [-0.15, -0.1) is 0 Å². The van der Waals surface area contributed by atoms with Crippen LogP contribution in [0.4, 0.5) is 0 Å². The third kappa shape index (κ3) is 1.76. The van der Waals surface area contributed by atoms with Gasteiger partial charge in [-0.1, -0.05) is 0 Å². The molecule has 0 bridgehead atoms. The fraction of sp³-hybridized carbons (Fsp3) is 0.375.